The molecule has 0 aliphatic carbocycles. The van der Waals surface area contributed by atoms with Gasteiger partial charge in [0, 0.05) is 19.2 Å². The predicted octanol–water partition coefficient (Wildman–Crippen LogP) is 2.12. The molecule has 0 fully saturated rings. The highest BCUT2D eigenvalue weighted by Crippen LogP contribution is 2.31. The van der Waals surface area contributed by atoms with Crippen LogP contribution in [0.1, 0.15) is 10.6 Å². The molecule has 0 aromatic carbocycles. The van der Waals surface area contributed by atoms with Gasteiger partial charge in [-0.1, -0.05) is 12.2 Å². The van der Waals surface area contributed by atoms with E-state index >= 15 is 0 Å². The van der Waals surface area contributed by atoms with Gasteiger partial charge in [-0.05, 0) is 15.9 Å². The molecule has 2 heterocycles. The maximum absolute atomic E-state index is 10.6. The molecule has 1 aromatic rings. The molecule has 1 aliphatic heterocycles. The van der Waals surface area contributed by atoms with E-state index < -0.39 is 5.97 Å². The maximum Gasteiger partial charge on any atom is 0.371 e. The second-order valence-electron chi connectivity index (χ2n) is 2.95. The van der Waals surface area contributed by atoms with Crippen molar-refractivity contribution in [2.75, 3.05) is 18.0 Å². The summed E-state index contributed by atoms with van der Waals surface area (Å²) < 4.78 is 5.88. The molecule has 1 N–H and O–H groups in total. The van der Waals surface area contributed by atoms with Gasteiger partial charge in [-0.15, -0.1) is 0 Å². The smallest absolute Gasteiger partial charge is 0.371 e. The summed E-state index contributed by atoms with van der Waals surface area (Å²) in [6.45, 7) is 1.51. The summed E-state index contributed by atoms with van der Waals surface area (Å²) >= 11 is 3.27. The summed E-state index contributed by atoms with van der Waals surface area (Å²) in [6, 6.07) is 1.47. The van der Waals surface area contributed by atoms with Gasteiger partial charge in [0.15, 0.2) is 0 Å². The number of carboxylic acid groups (broad SMARTS) is 1. The van der Waals surface area contributed by atoms with Crippen LogP contribution in [0.25, 0.3) is 0 Å². The Morgan fingerprint density at radius 1 is 1.50 bits per heavy atom. The van der Waals surface area contributed by atoms with Crippen LogP contribution in [0.2, 0.25) is 0 Å². The van der Waals surface area contributed by atoms with Crippen LogP contribution < -0.4 is 4.90 Å². The number of halogens is 1. The SMILES string of the molecule is O=C(O)c1cc(Br)c(N2CC=CC2)o1. The average molecular weight is 258 g/mol. The van der Waals surface area contributed by atoms with Crippen molar-refractivity contribution in [3.8, 4) is 0 Å². The standard InChI is InChI=1S/C9H8BrNO3/c10-6-5-7(9(12)13)14-8(6)11-3-1-2-4-11/h1-2,5H,3-4H2,(H,12,13). The zero-order chi connectivity index (χ0) is 10.1. The number of nitrogens with zero attached hydrogens (tertiary/aromatic N) is 1. The lowest BCUT2D eigenvalue weighted by Gasteiger charge is -2.13. The summed E-state index contributed by atoms with van der Waals surface area (Å²) in [7, 11) is 0. The number of aromatic carboxylic acids is 1. The monoisotopic (exact) mass is 257 g/mol. The van der Waals surface area contributed by atoms with Crippen molar-refractivity contribution >= 4 is 27.8 Å². The van der Waals surface area contributed by atoms with E-state index in [4.69, 9.17) is 9.52 Å². The molecule has 4 nitrogen and oxygen atoms in total. The highest BCUT2D eigenvalue weighted by atomic mass is 79.9. The van der Waals surface area contributed by atoms with Gasteiger partial charge < -0.3 is 14.4 Å². The molecule has 0 saturated heterocycles. The Morgan fingerprint density at radius 3 is 2.64 bits per heavy atom. The molecular weight excluding hydrogens is 250 g/mol. The predicted molar refractivity (Wildman–Crippen MR) is 54.7 cm³/mol. The first-order valence-corrected chi connectivity index (χ1v) is 4.90. The third-order valence-electron chi connectivity index (χ3n) is 1.99. The van der Waals surface area contributed by atoms with Crippen LogP contribution in [0, 0.1) is 0 Å². The summed E-state index contributed by atoms with van der Waals surface area (Å²) in [6.07, 6.45) is 4.02. The zero-order valence-electron chi connectivity index (χ0n) is 7.24. The molecule has 1 aromatic heterocycles. The zero-order valence-corrected chi connectivity index (χ0v) is 8.82. The molecule has 0 atom stereocenters. The van der Waals surface area contributed by atoms with Crippen LogP contribution in [0.3, 0.4) is 0 Å². The van der Waals surface area contributed by atoms with Crippen molar-refractivity contribution in [1.29, 1.82) is 0 Å². The number of carboxylic acids is 1. The highest BCUT2D eigenvalue weighted by Gasteiger charge is 2.19. The highest BCUT2D eigenvalue weighted by molar-refractivity contribution is 9.10. The average Bonchev–Trinajstić information content (AvgIpc) is 2.71. The lowest BCUT2D eigenvalue weighted by molar-refractivity contribution is 0.0663. The molecule has 0 amide bonds. The third kappa shape index (κ3) is 1.55. The first-order chi connectivity index (χ1) is 6.68. The van der Waals surface area contributed by atoms with Crippen molar-refractivity contribution in [2.24, 2.45) is 0 Å². The molecule has 0 radical (unpaired) electrons. The van der Waals surface area contributed by atoms with Crippen LogP contribution >= 0.6 is 15.9 Å². The fourth-order valence-corrected chi connectivity index (χ4v) is 1.86. The van der Waals surface area contributed by atoms with E-state index in [0.717, 1.165) is 13.1 Å². The Morgan fingerprint density at radius 2 is 2.14 bits per heavy atom. The number of furan rings is 1. The Hall–Kier alpha value is -1.23. The number of carbonyl (C=O) groups is 1. The van der Waals surface area contributed by atoms with Crippen LogP contribution in [0.15, 0.2) is 27.1 Å². The van der Waals surface area contributed by atoms with Crippen LogP contribution in [-0.4, -0.2) is 24.2 Å². The largest absolute Gasteiger partial charge is 0.475 e. The maximum atomic E-state index is 10.6. The molecule has 0 bridgehead atoms. The topological polar surface area (TPSA) is 53.7 Å². The number of anilines is 1. The Kier molecular flexibility index (Phi) is 2.33. The first-order valence-electron chi connectivity index (χ1n) is 4.11. The number of hydrogen-bond acceptors (Lipinski definition) is 3. The lowest BCUT2D eigenvalue weighted by Crippen LogP contribution is -2.18. The van der Waals surface area contributed by atoms with Gasteiger partial charge in [0.05, 0.1) is 4.47 Å². The van der Waals surface area contributed by atoms with Crippen molar-refractivity contribution in [3.05, 3.63) is 28.5 Å². The minimum atomic E-state index is -1.05. The molecule has 0 unspecified atom stereocenters. The lowest BCUT2D eigenvalue weighted by atomic mass is 10.4. The van der Waals surface area contributed by atoms with Crippen LogP contribution in [-0.2, 0) is 0 Å². The Labute approximate surface area is 88.9 Å². The van der Waals surface area contributed by atoms with E-state index in [2.05, 4.69) is 15.9 Å². The Balaban J connectivity index is 2.29. The Bertz CT molecular complexity index is 389. The van der Waals surface area contributed by atoms with Crippen LogP contribution in [0.4, 0.5) is 5.88 Å². The molecule has 2 rings (SSSR count). The normalized spacial score (nSPS) is 15.1. The summed E-state index contributed by atoms with van der Waals surface area (Å²) in [5, 5.41) is 8.72. The van der Waals surface area contributed by atoms with E-state index in [9.17, 15) is 4.79 Å². The van der Waals surface area contributed by atoms with Gasteiger partial charge >= 0.3 is 5.97 Å². The summed E-state index contributed by atoms with van der Waals surface area (Å²) in [5.74, 6) is -0.518. The van der Waals surface area contributed by atoms with E-state index in [1.165, 1.54) is 6.07 Å². The van der Waals surface area contributed by atoms with Gasteiger partial charge in [0.1, 0.15) is 0 Å². The molecule has 74 valence electrons. The van der Waals surface area contributed by atoms with E-state index in [1.54, 1.807) is 0 Å². The van der Waals surface area contributed by atoms with Gasteiger partial charge in [0.2, 0.25) is 11.6 Å². The van der Waals surface area contributed by atoms with Crippen molar-refractivity contribution in [1.82, 2.24) is 0 Å². The summed E-state index contributed by atoms with van der Waals surface area (Å²) in [4.78, 5) is 12.6. The third-order valence-corrected chi connectivity index (χ3v) is 2.55. The van der Waals surface area contributed by atoms with Gasteiger partial charge in [-0.3, -0.25) is 0 Å². The molecule has 1 aliphatic rings. The number of rotatable bonds is 2. The second kappa shape index (κ2) is 3.49. The fourth-order valence-electron chi connectivity index (χ4n) is 1.32. The molecule has 14 heavy (non-hydrogen) atoms. The minimum Gasteiger partial charge on any atom is -0.475 e. The summed E-state index contributed by atoms with van der Waals surface area (Å²) in [5.41, 5.74) is 0. The fraction of sp³-hybridized carbons (Fsp3) is 0.222. The van der Waals surface area contributed by atoms with E-state index in [-0.39, 0.29) is 5.76 Å². The van der Waals surface area contributed by atoms with Gasteiger partial charge in [-0.2, -0.15) is 0 Å². The van der Waals surface area contributed by atoms with Crippen molar-refractivity contribution in [2.45, 2.75) is 0 Å². The van der Waals surface area contributed by atoms with E-state index in [1.807, 2.05) is 17.1 Å². The van der Waals surface area contributed by atoms with Gasteiger partial charge in [-0.25, -0.2) is 4.79 Å². The van der Waals surface area contributed by atoms with Crippen molar-refractivity contribution in [3.63, 3.8) is 0 Å². The quantitative estimate of drug-likeness (QED) is 0.825. The van der Waals surface area contributed by atoms with Gasteiger partial charge in [0.25, 0.3) is 0 Å². The number of hydrogen-bond donors (Lipinski definition) is 1. The first kappa shape index (κ1) is 9.33. The molecule has 5 heteroatoms. The minimum absolute atomic E-state index is 0.0428. The molecular formula is C9H8BrNO3. The van der Waals surface area contributed by atoms with E-state index in [0.29, 0.717) is 10.4 Å². The molecule has 0 spiro atoms. The van der Waals surface area contributed by atoms with Crippen molar-refractivity contribution < 1.29 is 14.3 Å². The molecule has 0 saturated carbocycles. The van der Waals surface area contributed by atoms with Crippen LogP contribution in [0.5, 0.6) is 0 Å². The second-order valence-corrected chi connectivity index (χ2v) is 3.80.